The average Bonchev–Trinajstić information content (AvgIpc) is 3.13. The van der Waals surface area contributed by atoms with Crippen molar-refractivity contribution in [3.8, 4) is 11.5 Å². The Morgan fingerprint density at radius 3 is 3.00 bits per heavy atom. The second kappa shape index (κ2) is 7.83. The van der Waals surface area contributed by atoms with Gasteiger partial charge < -0.3 is 14.4 Å². The van der Waals surface area contributed by atoms with E-state index in [9.17, 15) is 4.79 Å². The zero-order valence-electron chi connectivity index (χ0n) is 14.8. The number of fused-ring (bicyclic) bond motifs is 2. The molecule has 9 heteroatoms. The molecule has 1 aliphatic heterocycles. The van der Waals surface area contributed by atoms with Crippen LogP contribution in [0, 0.1) is 0 Å². The minimum Gasteiger partial charge on any atom is -0.486 e. The summed E-state index contributed by atoms with van der Waals surface area (Å²) in [5, 5.41) is 4.83. The lowest BCUT2D eigenvalue weighted by Gasteiger charge is -2.30. The Kier molecular flexibility index (Phi) is 5.10. The number of carbonyl (C=O) groups excluding carboxylic acids is 1. The van der Waals surface area contributed by atoms with E-state index < -0.39 is 0 Å². The zero-order chi connectivity index (χ0) is 18.6. The van der Waals surface area contributed by atoms with Crippen LogP contribution in [0.1, 0.15) is 6.92 Å². The van der Waals surface area contributed by atoms with E-state index in [-0.39, 0.29) is 17.8 Å². The Morgan fingerprint density at radius 2 is 2.19 bits per heavy atom. The van der Waals surface area contributed by atoms with Crippen molar-refractivity contribution in [1.29, 1.82) is 0 Å². The standard InChI is InChI=1S/C18H19N5O3S/c1-2-22(10-13-11-25-14-6-3-4-7-15(14)26-13)16(24)12-27-18-20-17-19-8-5-9-23(17)21-18/h3-9,13H,2,10-12H2,1H3/t13-/m1/s1. The van der Waals surface area contributed by atoms with Gasteiger partial charge in [0.25, 0.3) is 5.78 Å². The van der Waals surface area contributed by atoms with Gasteiger partial charge in [-0.05, 0) is 25.1 Å². The number of likely N-dealkylation sites (N-methyl/N-ethyl adjacent to an activating group) is 1. The van der Waals surface area contributed by atoms with Crippen molar-refractivity contribution in [2.75, 3.05) is 25.4 Å². The fourth-order valence-electron chi connectivity index (χ4n) is 2.80. The van der Waals surface area contributed by atoms with Crippen LogP contribution in [0.15, 0.2) is 47.9 Å². The zero-order valence-corrected chi connectivity index (χ0v) is 15.6. The van der Waals surface area contributed by atoms with Gasteiger partial charge in [-0.25, -0.2) is 9.50 Å². The minimum atomic E-state index is -0.189. The van der Waals surface area contributed by atoms with Crippen LogP contribution in [-0.4, -0.2) is 61.9 Å². The molecule has 0 unspecified atom stereocenters. The Morgan fingerprint density at radius 1 is 1.33 bits per heavy atom. The van der Waals surface area contributed by atoms with Crippen LogP contribution in [0.25, 0.3) is 5.78 Å². The number of carbonyl (C=O) groups is 1. The summed E-state index contributed by atoms with van der Waals surface area (Å²) in [6.07, 6.45) is 3.25. The van der Waals surface area contributed by atoms with Gasteiger partial charge in [0.1, 0.15) is 6.61 Å². The summed E-state index contributed by atoms with van der Waals surface area (Å²) >= 11 is 1.30. The molecule has 4 rings (SSSR count). The fourth-order valence-corrected chi connectivity index (χ4v) is 3.53. The van der Waals surface area contributed by atoms with Crippen LogP contribution in [0.3, 0.4) is 0 Å². The Hall–Kier alpha value is -2.81. The SMILES string of the molecule is CCN(C[C@@H]1COc2ccccc2O1)C(=O)CSc1nc2ncccn2n1. The van der Waals surface area contributed by atoms with Crippen molar-refractivity contribution >= 4 is 23.4 Å². The third-order valence-electron chi connectivity index (χ3n) is 4.15. The topological polar surface area (TPSA) is 81.9 Å². The third-order valence-corrected chi connectivity index (χ3v) is 4.97. The number of hydrogen-bond donors (Lipinski definition) is 0. The molecule has 0 aliphatic carbocycles. The van der Waals surface area contributed by atoms with Gasteiger partial charge in [0.2, 0.25) is 11.1 Å². The van der Waals surface area contributed by atoms with Crippen LogP contribution >= 0.6 is 11.8 Å². The van der Waals surface area contributed by atoms with Gasteiger partial charge in [0.05, 0.1) is 12.3 Å². The molecule has 0 saturated carbocycles. The summed E-state index contributed by atoms with van der Waals surface area (Å²) in [7, 11) is 0. The van der Waals surface area contributed by atoms with E-state index in [0.717, 1.165) is 5.75 Å². The van der Waals surface area contributed by atoms with Crippen LogP contribution in [-0.2, 0) is 4.79 Å². The van der Waals surface area contributed by atoms with Crippen LogP contribution in [0.5, 0.6) is 11.5 Å². The molecular weight excluding hydrogens is 366 g/mol. The maximum atomic E-state index is 12.6. The lowest BCUT2D eigenvalue weighted by Crippen LogP contribution is -2.44. The van der Waals surface area contributed by atoms with Crippen molar-refractivity contribution in [2.24, 2.45) is 0 Å². The van der Waals surface area contributed by atoms with Crippen molar-refractivity contribution < 1.29 is 14.3 Å². The molecule has 1 aliphatic rings. The molecule has 1 amide bonds. The molecular formula is C18H19N5O3S. The molecule has 27 heavy (non-hydrogen) atoms. The van der Waals surface area contributed by atoms with E-state index in [1.54, 1.807) is 27.9 Å². The number of amides is 1. The van der Waals surface area contributed by atoms with E-state index in [2.05, 4.69) is 15.1 Å². The summed E-state index contributed by atoms with van der Waals surface area (Å²) < 4.78 is 13.3. The molecule has 0 fully saturated rings. The molecule has 0 radical (unpaired) electrons. The van der Waals surface area contributed by atoms with Gasteiger partial charge >= 0.3 is 0 Å². The quantitative estimate of drug-likeness (QED) is 0.600. The number of hydrogen-bond acceptors (Lipinski definition) is 7. The summed E-state index contributed by atoms with van der Waals surface area (Å²) in [4.78, 5) is 22.8. The number of thioether (sulfide) groups is 1. The Bertz CT molecular complexity index is 914. The molecule has 2 aromatic heterocycles. The second-order valence-electron chi connectivity index (χ2n) is 5.98. The predicted octanol–water partition coefficient (Wildman–Crippen LogP) is 1.90. The van der Waals surface area contributed by atoms with E-state index in [1.807, 2.05) is 31.2 Å². The summed E-state index contributed by atoms with van der Waals surface area (Å²) in [6, 6.07) is 9.34. The van der Waals surface area contributed by atoms with Gasteiger partial charge in [-0.2, -0.15) is 4.98 Å². The van der Waals surface area contributed by atoms with Crippen molar-refractivity contribution in [3.05, 3.63) is 42.7 Å². The number of nitrogens with zero attached hydrogens (tertiary/aromatic N) is 5. The first-order chi connectivity index (χ1) is 13.2. The maximum absolute atomic E-state index is 12.6. The van der Waals surface area contributed by atoms with Gasteiger partial charge in [0.15, 0.2) is 17.6 Å². The van der Waals surface area contributed by atoms with Gasteiger partial charge in [-0.3, -0.25) is 4.79 Å². The Labute approximate surface area is 160 Å². The minimum absolute atomic E-state index is 0.0109. The average molecular weight is 385 g/mol. The largest absolute Gasteiger partial charge is 0.486 e. The predicted molar refractivity (Wildman–Crippen MR) is 100 cm³/mol. The molecule has 3 heterocycles. The van der Waals surface area contributed by atoms with E-state index in [0.29, 0.717) is 36.4 Å². The third kappa shape index (κ3) is 3.97. The lowest BCUT2D eigenvalue weighted by molar-refractivity contribution is -0.129. The van der Waals surface area contributed by atoms with Crippen LogP contribution in [0.4, 0.5) is 0 Å². The second-order valence-corrected chi connectivity index (χ2v) is 6.92. The first kappa shape index (κ1) is 17.6. The highest BCUT2D eigenvalue weighted by molar-refractivity contribution is 7.99. The van der Waals surface area contributed by atoms with Crippen LogP contribution < -0.4 is 9.47 Å². The molecule has 8 nitrogen and oxygen atoms in total. The Balaban J connectivity index is 1.34. The molecule has 1 atom stereocenters. The van der Waals surface area contributed by atoms with Crippen LogP contribution in [0.2, 0.25) is 0 Å². The van der Waals surface area contributed by atoms with Gasteiger partial charge in [-0.15, -0.1) is 5.10 Å². The highest BCUT2D eigenvalue weighted by Crippen LogP contribution is 2.31. The highest BCUT2D eigenvalue weighted by Gasteiger charge is 2.25. The van der Waals surface area contributed by atoms with E-state index >= 15 is 0 Å². The number of aromatic nitrogens is 4. The first-order valence-electron chi connectivity index (χ1n) is 8.69. The molecule has 0 spiro atoms. The molecule has 140 valence electrons. The molecule has 1 aromatic carbocycles. The normalized spacial score (nSPS) is 15.7. The van der Waals surface area contributed by atoms with Gasteiger partial charge in [0, 0.05) is 18.9 Å². The summed E-state index contributed by atoms with van der Waals surface area (Å²) in [5.41, 5.74) is 0. The molecule has 3 aromatic rings. The number of benzene rings is 1. The highest BCUT2D eigenvalue weighted by atomic mass is 32.2. The molecule has 0 saturated heterocycles. The monoisotopic (exact) mass is 385 g/mol. The molecule has 0 bridgehead atoms. The van der Waals surface area contributed by atoms with Crippen molar-refractivity contribution in [3.63, 3.8) is 0 Å². The van der Waals surface area contributed by atoms with E-state index in [4.69, 9.17) is 9.47 Å². The smallest absolute Gasteiger partial charge is 0.253 e. The maximum Gasteiger partial charge on any atom is 0.253 e. The molecule has 0 N–H and O–H groups in total. The summed E-state index contributed by atoms with van der Waals surface area (Å²) in [5.74, 6) is 2.25. The van der Waals surface area contributed by atoms with Gasteiger partial charge in [-0.1, -0.05) is 23.9 Å². The number of rotatable bonds is 6. The van der Waals surface area contributed by atoms with E-state index in [1.165, 1.54) is 11.8 Å². The lowest BCUT2D eigenvalue weighted by atomic mass is 10.2. The number of ether oxygens (including phenoxy) is 2. The first-order valence-corrected chi connectivity index (χ1v) is 9.68. The number of para-hydroxylation sites is 2. The fraction of sp³-hybridized carbons (Fsp3) is 0.333. The van der Waals surface area contributed by atoms with Crippen molar-refractivity contribution in [1.82, 2.24) is 24.5 Å². The van der Waals surface area contributed by atoms with Crippen molar-refractivity contribution in [2.45, 2.75) is 18.2 Å². The summed E-state index contributed by atoms with van der Waals surface area (Å²) in [6.45, 7) is 3.45.